The minimum Gasteiger partial charge on any atom is -0.353 e. The quantitative estimate of drug-likeness (QED) is 0.918. The normalized spacial score (nSPS) is 19.2. The third-order valence-electron chi connectivity index (χ3n) is 5.83. The van der Waals surface area contributed by atoms with E-state index in [-0.39, 0.29) is 17.4 Å². The molecule has 1 amide bonds. The SMILES string of the molecule is Cn1c(=O)c(N2CCC(C(=O)NC3CCCC3)CC2)nc2ccccc21. The third kappa shape index (κ3) is 3.20. The van der Waals surface area contributed by atoms with Gasteiger partial charge in [-0.1, -0.05) is 25.0 Å². The van der Waals surface area contributed by atoms with Crippen molar-refractivity contribution in [3.63, 3.8) is 0 Å². The highest BCUT2D eigenvalue weighted by Crippen LogP contribution is 2.23. The van der Waals surface area contributed by atoms with E-state index in [1.807, 2.05) is 29.2 Å². The van der Waals surface area contributed by atoms with Gasteiger partial charge in [0.25, 0.3) is 5.56 Å². The Kier molecular flexibility index (Phi) is 4.66. The van der Waals surface area contributed by atoms with E-state index in [1.165, 1.54) is 12.8 Å². The third-order valence-corrected chi connectivity index (χ3v) is 5.83. The van der Waals surface area contributed by atoms with Crippen LogP contribution in [0.5, 0.6) is 0 Å². The van der Waals surface area contributed by atoms with Crippen molar-refractivity contribution in [3.8, 4) is 0 Å². The molecule has 2 fully saturated rings. The lowest BCUT2D eigenvalue weighted by atomic mass is 9.95. The molecule has 1 aromatic heterocycles. The number of nitrogens with zero attached hydrogens (tertiary/aromatic N) is 3. The Morgan fingerprint density at radius 3 is 2.54 bits per heavy atom. The second-order valence-corrected chi connectivity index (χ2v) is 7.54. The van der Waals surface area contributed by atoms with Crippen LogP contribution in [0.4, 0.5) is 5.82 Å². The van der Waals surface area contributed by atoms with E-state index in [9.17, 15) is 9.59 Å². The van der Waals surface area contributed by atoms with Crippen LogP contribution in [-0.4, -0.2) is 34.6 Å². The summed E-state index contributed by atoms with van der Waals surface area (Å²) in [6, 6.07) is 8.06. The Morgan fingerprint density at radius 1 is 1.12 bits per heavy atom. The Balaban J connectivity index is 1.46. The first-order valence-electron chi connectivity index (χ1n) is 9.64. The largest absolute Gasteiger partial charge is 0.353 e. The Labute approximate surface area is 153 Å². The predicted octanol–water partition coefficient (Wildman–Crippen LogP) is 2.21. The topological polar surface area (TPSA) is 67.2 Å². The standard InChI is InChI=1S/C20H26N4O2/c1-23-17-9-5-4-8-16(17)22-18(20(23)26)24-12-10-14(11-13-24)19(25)21-15-6-2-3-7-15/h4-5,8-9,14-15H,2-3,6-7,10-13H2,1H3,(H,21,25). The van der Waals surface area contributed by atoms with Crippen LogP contribution in [0.15, 0.2) is 29.1 Å². The lowest BCUT2D eigenvalue weighted by Crippen LogP contribution is -2.45. The molecule has 1 aromatic carbocycles. The highest BCUT2D eigenvalue weighted by atomic mass is 16.2. The fraction of sp³-hybridized carbons (Fsp3) is 0.550. The van der Waals surface area contributed by atoms with Crippen molar-refractivity contribution in [1.29, 1.82) is 0 Å². The molecule has 1 saturated heterocycles. The summed E-state index contributed by atoms with van der Waals surface area (Å²) < 4.78 is 1.66. The molecule has 6 nitrogen and oxygen atoms in total. The number of aromatic nitrogens is 2. The zero-order chi connectivity index (χ0) is 18.1. The van der Waals surface area contributed by atoms with Gasteiger partial charge in [0.05, 0.1) is 11.0 Å². The van der Waals surface area contributed by atoms with Crippen LogP contribution in [-0.2, 0) is 11.8 Å². The summed E-state index contributed by atoms with van der Waals surface area (Å²) in [5, 5.41) is 3.21. The fourth-order valence-electron chi connectivity index (χ4n) is 4.21. The van der Waals surface area contributed by atoms with Gasteiger partial charge in [0.2, 0.25) is 5.91 Å². The molecule has 4 rings (SSSR count). The number of benzene rings is 1. The van der Waals surface area contributed by atoms with E-state index in [1.54, 1.807) is 11.6 Å². The van der Waals surface area contributed by atoms with Gasteiger partial charge in [-0.25, -0.2) is 4.98 Å². The van der Waals surface area contributed by atoms with Crippen molar-refractivity contribution in [2.45, 2.75) is 44.6 Å². The average Bonchev–Trinajstić information content (AvgIpc) is 3.18. The first kappa shape index (κ1) is 17.1. The lowest BCUT2D eigenvalue weighted by molar-refractivity contribution is -0.126. The average molecular weight is 354 g/mol. The number of amides is 1. The molecule has 26 heavy (non-hydrogen) atoms. The van der Waals surface area contributed by atoms with Crippen molar-refractivity contribution in [3.05, 3.63) is 34.6 Å². The Bertz CT molecular complexity index is 862. The second kappa shape index (κ2) is 7.09. The highest BCUT2D eigenvalue weighted by molar-refractivity contribution is 5.79. The number of para-hydroxylation sites is 2. The van der Waals surface area contributed by atoms with Crippen molar-refractivity contribution in [1.82, 2.24) is 14.9 Å². The Hall–Kier alpha value is -2.37. The fourth-order valence-corrected chi connectivity index (χ4v) is 4.21. The number of hydrogen-bond donors (Lipinski definition) is 1. The van der Waals surface area contributed by atoms with Gasteiger partial charge in [-0.2, -0.15) is 0 Å². The van der Waals surface area contributed by atoms with Gasteiger partial charge >= 0.3 is 0 Å². The number of rotatable bonds is 3. The lowest BCUT2D eigenvalue weighted by Gasteiger charge is -2.32. The van der Waals surface area contributed by atoms with Crippen molar-refractivity contribution < 1.29 is 4.79 Å². The molecule has 1 aliphatic carbocycles. The van der Waals surface area contributed by atoms with E-state index >= 15 is 0 Å². The summed E-state index contributed by atoms with van der Waals surface area (Å²) in [4.78, 5) is 31.8. The van der Waals surface area contributed by atoms with E-state index in [0.717, 1.165) is 36.7 Å². The van der Waals surface area contributed by atoms with E-state index in [4.69, 9.17) is 0 Å². The van der Waals surface area contributed by atoms with Crippen LogP contribution < -0.4 is 15.8 Å². The minimum atomic E-state index is -0.0717. The van der Waals surface area contributed by atoms with Crippen LogP contribution in [0.3, 0.4) is 0 Å². The molecule has 138 valence electrons. The highest BCUT2D eigenvalue weighted by Gasteiger charge is 2.29. The van der Waals surface area contributed by atoms with Gasteiger partial charge in [-0.15, -0.1) is 0 Å². The van der Waals surface area contributed by atoms with Crippen molar-refractivity contribution >= 4 is 22.8 Å². The molecule has 2 aromatic rings. The summed E-state index contributed by atoms with van der Waals surface area (Å²) in [6.07, 6.45) is 6.22. The summed E-state index contributed by atoms with van der Waals surface area (Å²) >= 11 is 0. The molecule has 0 unspecified atom stereocenters. The van der Waals surface area contributed by atoms with E-state index < -0.39 is 0 Å². The zero-order valence-electron chi connectivity index (χ0n) is 15.3. The minimum absolute atomic E-state index is 0.0520. The molecule has 1 saturated carbocycles. The first-order chi connectivity index (χ1) is 12.6. The monoisotopic (exact) mass is 354 g/mol. The van der Waals surface area contributed by atoms with Crippen LogP contribution >= 0.6 is 0 Å². The maximum atomic E-state index is 12.7. The number of carbonyl (C=O) groups excluding carboxylic acids is 1. The molecular formula is C20H26N4O2. The van der Waals surface area contributed by atoms with Gasteiger partial charge in [-0.3, -0.25) is 9.59 Å². The maximum Gasteiger partial charge on any atom is 0.293 e. The maximum absolute atomic E-state index is 12.7. The number of piperidine rings is 1. The number of hydrogen-bond acceptors (Lipinski definition) is 4. The summed E-state index contributed by atoms with van der Waals surface area (Å²) in [7, 11) is 1.79. The predicted molar refractivity (Wildman–Crippen MR) is 102 cm³/mol. The molecule has 6 heteroatoms. The van der Waals surface area contributed by atoms with E-state index in [2.05, 4.69) is 10.3 Å². The molecule has 2 aliphatic rings. The van der Waals surface area contributed by atoms with Crippen LogP contribution in [0.25, 0.3) is 11.0 Å². The molecule has 0 bridgehead atoms. The number of anilines is 1. The molecule has 0 spiro atoms. The number of fused-ring (bicyclic) bond motifs is 1. The molecular weight excluding hydrogens is 328 g/mol. The molecule has 2 heterocycles. The zero-order valence-corrected chi connectivity index (χ0v) is 15.3. The van der Waals surface area contributed by atoms with Gasteiger partial charge in [0.1, 0.15) is 0 Å². The van der Waals surface area contributed by atoms with Gasteiger partial charge in [0, 0.05) is 32.1 Å². The van der Waals surface area contributed by atoms with Gasteiger partial charge in [-0.05, 0) is 37.8 Å². The number of aryl methyl sites for hydroxylation is 1. The first-order valence-corrected chi connectivity index (χ1v) is 9.64. The summed E-state index contributed by atoms with van der Waals surface area (Å²) in [5.74, 6) is 0.743. The molecule has 1 aliphatic heterocycles. The summed E-state index contributed by atoms with van der Waals surface area (Å²) in [6.45, 7) is 1.40. The van der Waals surface area contributed by atoms with E-state index in [0.29, 0.717) is 24.9 Å². The molecule has 1 N–H and O–H groups in total. The second-order valence-electron chi connectivity index (χ2n) is 7.54. The summed E-state index contributed by atoms with van der Waals surface area (Å²) in [5.41, 5.74) is 1.59. The van der Waals surface area contributed by atoms with Gasteiger partial charge < -0.3 is 14.8 Å². The van der Waals surface area contributed by atoms with Crippen LogP contribution in [0, 0.1) is 5.92 Å². The van der Waals surface area contributed by atoms with Crippen molar-refractivity contribution in [2.75, 3.05) is 18.0 Å². The smallest absolute Gasteiger partial charge is 0.293 e. The van der Waals surface area contributed by atoms with Crippen molar-refractivity contribution in [2.24, 2.45) is 13.0 Å². The molecule has 0 atom stereocenters. The van der Waals surface area contributed by atoms with Crippen LogP contribution in [0.2, 0.25) is 0 Å². The van der Waals surface area contributed by atoms with Gasteiger partial charge in [0.15, 0.2) is 5.82 Å². The Morgan fingerprint density at radius 2 is 1.81 bits per heavy atom. The number of carbonyl (C=O) groups is 1. The number of nitrogens with one attached hydrogen (secondary N) is 1. The molecule has 0 radical (unpaired) electrons. The van der Waals surface area contributed by atoms with Crippen LogP contribution in [0.1, 0.15) is 38.5 Å².